The zero-order chi connectivity index (χ0) is 20.0. The van der Waals surface area contributed by atoms with E-state index >= 15 is 0 Å². The summed E-state index contributed by atoms with van der Waals surface area (Å²) in [6.07, 6.45) is 1.84. The fourth-order valence-electron chi connectivity index (χ4n) is 4.14. The van der Waals surface area contributed by atoms with E-state index in [0.717, 1.165) is 40.2 Å². The first-order chi connectivity index (χ1) is 14.2. The van der Waals surface area contributed by atoms with Gasteiger partial charge in [-0.3, -0.25) is 4.79 Å². The quantitative estimate of drug-likeness (QED) is 0.423. The van der Waals surface area contributed by atoms with Crippen molar-refractivity contribution in [1.29, 1.82) is 5.26 Å². The zero-order valence-corrected chi connectivity index (χ0v) is 15.9. The number of furan rings is 1. The minimum absolute atomic E-state index is 0.0717. The summed E-state index contributed by atoms with van der Waals surface area (Å²) in [6, 6.07) is 23.6. The molecule has 0 saturated heterocycles. The van der Waals surface area contributed by atoms with Crippen LogP contribution in [0.15, 0.2) is 76.7 Å². The van der Waals surface area contributed by atoms with Gasteiger partial charge in [0.1, 0.15) is 11.7 Å². The summed E-state index contributed by atoms with van der Waals surface area (Å²) in [6.45, 7) is 2.79. The molecule has 4 heteroatoms. The monoisotopic (exact) mass is 378 g/mol. The maximum atomic E-state index is 12.9. The lowest BCUT2D eigenvalue weighted by Crippen LogP contribution is -2.01. The van der Waals surface area contributed by atoms with Crippen molar-refractivity contribution in [2.24, 2.45) is 0 Å². The van der Waals surface area contributed by atoms with Crippen LogP contribution in [0.5, 0.6) is 0 Å². The third-order valence-electron chi connectivity index (χ3n) is 5.52. The minimum atomic E-state index is -0.537. The summed E-state index contributed by atoms with van der Waals surface area (Å²) < 4.78 is 8.20. The molecule has 0 amide bonds. The third kappa shape index (κ3) is 2.63. The van der Waals surface area contributed by atoms with Crippen molar-refractivity contribution < 1.29 is 9.21 Å². The fourth-order valence-corrected chi connectivity index (χ4v) is 4.14. The fraction of sp³-hybridized carbons (Fsp3) is 0.120. The Morgan fingerprint density at radius 3 is 2.62 bits per heavy atom. The number of ketones is 1. The van der Waals surface area contributed by atoms with Crippen molar-refractivity contribution in [1.82, 2.24) is 4.57 Å². The van der Waals surface area contributed by atoms with E-state index in [2.05, 4.69) is 17.6 Å². The van der Waals surface area contributed by atoms with Crippen LogP contribution in [0.3, 0.4) is 0 Å². The number of carbonyl (C=O) groups is 1. The molecule has 1 aliphatic carbocycles. The highest BCUT2D eigenvalue weighted by molar-refractivity contribution is 6.17. The number of benzene rings is 2. The van der Waals surface area contributed by atoms with Gasteiger partial charge in [0, 0.05) is 41.1 Å². The number of allylic oxidation sites excluding steroid dienone is 1. The standard InChI is InChI=1S/C25H18N2O2/c1-2-27-17(12-20-21(15-26)18-10-6-7-11-19(18)25(20)28)13-24-22(27)14-23(29-24)16-8-4-3-5-9-16/h3-14,21H,2H2,1H3/b20-12-. The Labute approximate surface area is 168 Å². The number of rotatable bonds is 3. The first kappa shape index (κ1) is 17.3. The summed E-state index contributed by atoms with van der Waals surface area (Å²) in [5.41, 5.74) is 5.58. The molecule has 0 bridgehead atoms. The van der Waals surface area contributed by atoms with E-state index in [1.807, 2.05) is 66.7 Å². The van der Waals surface area contributed by atoms with Gasteiger partial charge in [0.05, 0.1) is 11.6 Å². The van der Waals surface area contributed by atoms with Gasteiger partial charge in [-0.05, 0) is 18.6 Å². The molecule has 1 aliphatic rings. The number of nitriles is 1. The molecule has 0 fully saturated rings. The van der Waals surface area contributed by atoms with E-state index < -0.39 is 5.92 Å². The first-order valence-electron chi connectivity index (χ1n) is 9.64. The van der Waals surface area contributed by atoms with Crippen LogP contribution in [0.25, 0.3) is 28.5 Å². The van der Waals surface area contributed by atoms with Gasteiger partial charge in [-0.25, -0.2) is 0 Å². The molecule has 5 rings (SSSR count). The van der Waals surface area contributed by atoms with E-state index in [1.54, 1.807) is 6.07 Å². The Balaban J connectivity index is 1.62. The highest BCUT2D eigenvalue weighted by Crippen LogP contribution is 2.39. The van der Waals surface area contributed by atoms with Gasteiger partial charge >= 0.3 is 0 Å². The predicted octanol–water partition coefficient (Wildman–Crippen LogP) is 5.81. The number of fused-ring (bicyclic) bond motifs is 2. The van der Waals surface area contributed by atoms with Crippen molar-refractivity contribution in [3.05, 3.63) is 89.1 Å². The molecule has 4 nitrogen and oxygen atoms in total. The maximum absolute atomic E-state index is 12.9. The topological polar surface area (TPSA) is 58.9 Å². The van der Waals surface area contributed by atoms with Crippen LogP contribution >= 0.6 is 0 Å². The zero-order valence-electron chi connectivity index (χ0n) is 15.9. The average Bonchev–Trinajstić information content (AvgIpc) is 3.39. The van der Waals surface area contributed by atoms with Gasteiger partial charge < -0.3 is 8.98 Å². The molecule has 0 radical (unpaired) electrons. The van der Waals surface area contributed by atoms with Crippen LogP contribution in [-0.4, -0.2) is 10.4 Å². The van der Waals surface area contributed by atoms with Gasteiger partial charge in [0.2, 0.25) is 0 Å². The number of Topliss-reactive ketones (excluding diaryl/α,β-unsaturated/α-hetero) is 1. The van der Waals surface area contributed by atoms with Crippen LogP contribution in [0.4, 0.5) is 0 Å². The Hall–Kier alpha value is -3.84. The third-order valence-corrected chi connectivity index (χ3v) is 5.52. The van der Waals surface area contributed by atoms with Crippen molar-refractivity contribution in [2.45, 2.75) is 19.4 Å². The summed E-state index contributed by atoms with van der Waals surface area (Å²) in [7, 11) is 0. The minimum Gasteiger partial charge on any atom is -0.454 e. The van der Waals surface area contributed by atoms with E-state index in [0.29, 0.717) is 11.1 Å². The van der Waals surface area contributed by atoms with Gasteiger partial charge in [-0.1, -0.05) is 54.6 Å². The van der Waals surface area contributed by atoms with E-state index in [4.69, 9.17) is 4.42 Å². The largest absolute Gasteiger partial charge is 0.454 e. The molecule has 2 aromatic carbocycles. The number of carbonyl (C=O) groups excluding carboxylic acids is 1. The van der Waals surface area contributed by atoms with Crippen LogP contribution in [-0.2, 0) is 6.54 Å². The molecule has 4 aromatic rings. The summed E-state index contributed by atoms with van der Waals surface area (Å²) in [5.74, 6) is 0.207. The molecular weight excluding hydrogens is 360 g/mol. The van der Waals surface area contributed by atoms with E-state index in [1.165, 1.54) is 0 Å². The molecule has 29 heavy (non-hydrogen) atoms. The summed E-state index contributed by atoms with van der Waals surface area (Å²) in [4.78, 5) is 12.9. The van der Waals surface area contributed by atoms with Crippen molar-refractivity contribution in [3.8, 4) is 17.4 Å². The SMILES string of the molecule is CCn1c(/C=C2\C(=O)c3ccccc3C2C#N)cc2oc(-c3ccccc3)cc21. The Kier molecular flexibility index (Phi) is 3.96. The molecule has 0 saturated carbocycles. The first-order valence-corrected chi connectivity index (χ1v) is 9.64. The van der Waals surface area contributed by atoms with Crippen molar-refractivity contribution in [2.75, 3.05) is 0 Å². The predicted molar refractivity (Wildman–Crippen MR) is 112 cm³/mol. The van der Waals surface area contributed by atoms with E-state index in [-0.39, 0.29) is 5.78 Å². The highest BCUT2D eigenvalue weighted by Gasteiger charge is 2.34. The lowest BCUT2D eigenvalue weighted by Gasteiger charge is -2.06. The molecule has 1 atom stereocenters. The summed E-state index contributed by atoms with van der Waals surface area (Å²) >= 11 is 0. The van der Waals surface area contributed by atoms with Gasteiger partial charge in [-0.15, -0.1) is 0 Å². The van der Waals surface area contributed by atoms with Crippen LogP contribution in [0.2, 0.25) is 0 Å². The molecule has 0 spiro atoms. The van der Waals surface area contributed by atoms with Crippen LogP contribution < -0.4 is 0 Å². The van der Waals surface area contributed by atoms with Crippen LogP contribution in [0.1, 0.15) is 34.5 Å². The average molecular weight is 378 g/mol. The molecule has 1 unspecified atom stereocenters. The number of hydrogen-bond donors (Lipinski definition) is 0. The molecule has 0 N–H and O–H groups in total. The van der Waals surface area contributed by atoms with Crippen molar-refractivity contribution in [3.63, 3.8) is 0 Å². The number of nitrogens with zero attached hydrogens (tertiary/aromatic N) is 2. The highest BCUT2D eigenvalue weighted by atomic mass is 16.3. The second-order valence-electron chi connectivity index (χ2n) is 7.12. The Bertz CT molecular complexity index is 1320. The smallest absolute Gasteiger partial charge is 0.191 e. The number of hydrogen-bond acceptors (Lipinski definition) is 3. The van der Waals surface area contributed by atoms with E-state index in [9.17, 15) is 10.1 Å². The van der Waals surface area contributed by atoms with Gasteiger partial charge in [0.15, 0.2) is 11.4 Å². The molecule has 2 heterocycles. The number of aromatic nitrogens is 1. The number of aryl methyl sites for hydroxylation is 1. The second-order valence-corrected chi connectivity index (χ2v) is 7.12. The Morgan fingerprint density at radius 1 is 1.10 bits per heavy atom. The van der Waals surface area contributed by atoms with Gasteiger partial charge in [0.25, 0.3) is 0 Å². The van der Waals surface area contributed by atoms with Gasteiger partial charge in [-0.2, -0.15) is 5.26 Å². The van der Waals surface area contributed by atoms with Crippen LogP contribution in [0, 0.1) is 11.3 Å². The lowest BCUT2D eigenvalue weighted by molar-refractivity contribution is 0.103. The second kappa shape index (κ2) is 6.65. The molecule has 140 valence electrons. The molecular formula is C25H18N2O2. The maximum Gasteiger partial charge on any atom is 0.191 e. The lowest BCUT2D eigenvalue weighted by atomic mass is 9.98. The van der Waals surface area contributed by atoms with Crippen molar-refractivity contribution >= 4 is 23.0 Å². The normalized spacial score (nSPS) is 17.0. The summed E-state index contributed by atoms with van der Waals surface area (Å²) in [5, 5.41) is 9.70. The molecule has 2 aromatic heterocycles. The molecule has 0 aliphatic heterocycles. The Morgan fingerprint density at radius 2 is 1.86 bits per heavy atom.